The molecule has 0 unspecified atom stereocenters. The molecule has 15 heavy (non-hydrogen) atoms. The number of rotatable bonds is 1. The highest BCUT2D eigenvalue weighted by atomic mass is 32.1. The summed E-state index contributed by atoms with van der Waals surface area (Å²) in [4.78, 5) is 0. The summed E-state index contributed by atoms with van der Waals surface area (Å²) < 4.78 is 0. The molecule has 3 rings (SSSR count). The van der Waals surface area contributed by atoms with Crippen molar-refractivity contribution in [3.63, 3.8) is 0 Å². The smallest absolute Gasteiger partial charge is 0.00147 e. The van der Waals surface area contributed by atoms with Crippen LogP contribution in [0.2, 0.25) is 0 Å². The SMILES string of the molecule is c1cc(-c2ccc3c(c2)CCCC3)cs1. The Kier molecular flexibility index (Phi) is 2.34. The van der Waals surface area contributed by atoms with E-state index in [1.54, 1.807) is 22.5 Å². The van der Waals surface area contributed by atoms with Crippen LogP contribution < -0.4 is 0 Å². The van der Waals surface area contributed by atoms with E-state index in [1.165, 1.54) is 36.8 Å². The van der Waals surface area contributed by atoms with Crippen molar-refractivity contribution >= 4 is 11.3 Å². The standard InChI is InChI=1S/C14H14S/c1-2-4-12-9-13(6-5-11(12)3-1)14-7-8-15-10-14/h5-10H,1-4H2. The average Bonchev–Trinajstić information content (AvgIpc) is 2.82. The summed E-state index contributed by atoms with van der Waals surface area (Å²) in [5.41, 5.74) is 5.90. The Balaban J connectivity index is 2.04. The van der Waals surface area contributed by atoms with Gasteiger partial charge in [0.25, 0.3) is 0 Å². The fourth-order valence-corrected chi connectivity index (χ4v) is 3.01. The second-order valence-corrected chi connectivity index (χ2v) is 4.98. The van der Waals surface area contributed by atoms with Gasteiger partial charge in [-0.05, 0) is 64.8 Å². The Bertz CT molecular complexity index is 454. The zero-order valence-corrected chi connectivity index (χ0v) is 9.52. The molecule has 0 atom stereocenters. The zero-order valence-electron chi connectivity index (χ0n) is 8.70. The molecule has 1 heterocycles. The second-order valence-electron chi connectivity index (χ2n) is 4.20. The van der Waals surface area contributed by atoms with Gasteiger partial charge in [-0.15, -0.1) is 0 Å². The minimum atomic E-state index is 1.27. The van der Waals surface area contributed by atoms with E-state index >= 15 is 0 Å². The average molecular weight is 214 g/mol. The number of benzene rings is 1. The molecule has 2 aromatic rings. The molecule has 0 nitrogen and oxygen atoms in total. The van der Waals surface area contributed by atoms with Crippen molar-refractivity contribution < 1.29 is 0 Å². The molecule has 0 saturated heterocycles. The van der Waals surface area contributed by atoms with Crippen LogP contribution in [0, 0.1) is 0 Å². The first-order chi connectivity index (χ1) is 7.43. The third kappa shape index (κ3) is 1.72. The molecule has 1 aromatic heterocycles. The van der Waals surface area contributed by atoms with Crippen molar-refractivity contribution in [2.24, 2.45) is 0 Å². The lowest BCUT2D eigenvalue weighted by atomic mass is 9.89. The summed E-state index contributed by atoms with van der Waals surface area (Å²) in [5.74, 6) is 0. The van der Waals surface area contributed by atoms with Crippen molar-refractivity contribution in [2.75, 3.05) is 0 Å². The molecule has 76 valence electrons. The number of fused-ring (bicyclic) bond motifs is 1. The molecule has 0 fully saturated rings. The van der Waals surface area contributed by atoms with Gasteiger partial charge in [-0.25, -0.2) is 0 Å². The van der Waals surface area contributed by atoms with Crippen LogP contribution in [0.1, 0.15) is 24.0 Å². The van der Waals surface area contributed by atoms with Crippen LogP contribution in [0.4, 0.5) is 0 Å². The van der Waals surface area contributed by atoms with Crippen molar-refractivity contribution in [1.29, 1.82) is 0 Å². The number of aryl methyl sites for hydroxylation is 2. The Morgan fingerprint density at radius 3 is 2.53 bits per heavy atom. The number of thiophene rings is 1. The molecular weight excluding hydrogens is 200 g/mol. The molecule has 0 bridgehead atoms. The first-order valence-corrected chi connectivity index (χ1v) is 6.52. The van der Waals surface area contributed by atoms with E-state index in [0.29, 0.717) is 0 Å². The topological polar surface area (TPSA) is 0 Å². The van der Waals surface area contributed by atoms with Gasteiger partial charge in [0.15, 0.2) is 0 Å². The van der Waals surface area contributed by atoms with E-state index in [9.17, 15) is 0 Å². The first kappa shape index (κ1) is 9.17. The summed E-state index contributed by atoms with van der Waals surface area (Å²) in [5, 5.41) is 4.37. The monoisotopic (exact) mass is 214 g/mol. The van der Waals surface area contributed by atoms with Crippen molar-refractivity contribution in [1.82, 2.24) is 0 Å². The molecule has 0 amide bonds. The second kappa shape index (κ2) is 3.82. The molecular formula is C14H14S. The molecule has 1 aliphatic rings. The van der Waals surface area contributed by atoms with E-state index in [0.717, 1.165) is 0 Å². The molecule has 0 saturated carbocycles. The maximum absolute atomic E-state index is 2.39. The van der Waals surface area contributed by atoms with Crippen LogP contribution in [0.5, 0.6) is 0 Å². The summed E-state index contributed by atoms with van der Waals surface area (Å²) in [6.07, 6.45) is 5.28. The van der Waals surface area contributed by atoms with E-state index < -0.39 is 0 Å². The maximum Gasteiger partial charge on any atom is -0.00147 e. The van der Waals surface area contributed by atoms with Gasteiger partial charge in [0, 0.05) is 0 Å². The largest absolute Gasteiger partial charge is 0.152 e. The van der Waals surface area contributed by atoms with Crippen LogP contribution in [-0.4, -0.2) is 0 Å². The van der Waals surface area contributed by atoms with E-state index in [4.69, 9.17) is 0 Å². The highest BCUT2D eigenvalue weighted by molar-refractivity contribution is 7.08. The third-order valence-electron chi connectivity index (χ3n) is 3.20. The van der Waals surface area contributed by atoms with E-state index in [2.05, 4.69) is 35.0 Å². The molecule has 0 N–H and O–H groups in total. The van der Waals surface area contributed by atoms with E-state index in [1.807, 2.05) is 0 Å². The quantitative estimate of drug-likeness (QED) is 0.664. The molecule has 1 heteroatoms. The fourth-order valence-electron chi connectivity index (χ4n) is 2.34. The minimum absolute atomic E-state index is 1.27. The van der Waals surface area contributed by atoms with Gasteiger partial charge in [-0.3, -0.25) is 0 Å². The van der Waals surface area contributed by atoms with Gasteiger partial charge in [0.2, 0.25) is 0 Å². The summed E-state index contributed by atoms with van der Waals surface area (Å²) in [7, 11) is 0. The molecule has 1 aliphatic carbocycles. The Labute approximate surface area is 94.6 Å². The summed E-state index contributed by atoms with van der Waals surface area (Å²) >= 11 is 1.77. The minimum Gasteiger partial charge on any atom is -0.152 e. The summed E-state index contributed by atoms with van der Waals surface area (Å²) in [6.45, 7) is 0. The predicted molar refractivity (Wildman–Crippen MR) is 66.4 cm³/mol. The normalized spacial score (nSPS) is 14.9. The maximum atomic E-state index is 2.39. The predicted octanol–water partition coefficient (Wildman–Crippen LogP) is 4.29. The molecule has 0 spiro atoms. The van der Waals surface area contributed by atoms with Gasteiger partial charge >= 0.3 is 0 Å². The molecule has 1 aromatic carbocycles. The van der Waals surface area contributed by atoms with E-state index in [-0.39, 0.29) is 0 Å². The Morgan fingerprint density at radius 2 is 1.73 bits per heavy atom. The highest BCUT2D eigenvalue weighted by Gasteiger charge is 2.09. The fraction of sp³-hybridized carbons (Fsp3) is 0.286. The lowest BCUT2D eigenvalue weighted by molar-refractivity contribution is 0.686. The van der Waals surface area contributed by atoms with Crippen molar-refractivity contribution in [2.45, 2.75) is 25.7 Å². The first-order valence-electron chi connectivity index (χ1n) is 5.58. The number of hydrogen-bond acceptors (Lipinski definition) is 1. The lowest BCUT2D eigenvalue weighted by Crippen LogP contribution is -2.01. The van der Waals surface area contributed by atoms with Gasteiger partial charge in [0.05, 0.1) is 0 Å². The van der Waals surface area contributed by atoms with Gasteiger partial charge in [0.1, 0.15) is 0 Å². The van der Waals surface area contributed by atoms with Crippen LogP contribution >= 0.6 is 11.3 Å². The lowest BCUT2D eigenvalue weighted by Gasteiger charge is -2.16. The molecule has 0 aliphatic heterocycles. The van der Waals surface area contributed by atoms with Crippen LogP contribution in [-0.2, 0) is 12.8 Å². The Hall–Kier alpha value is -1.08. The highest BCUT2D eigenvalue weighted by Crippen LogP contribution is 2.28. The van der Waals surface area contributed by atoms with Crippen molar-refractivity contribution in [3.05, 3.63) is 46.2 Å². The van der Waals surface area contributed by atoms with Gasteiger partial charge in [-0.2, -0.15) is 11.3 Å². The van der Waals surface area contributed by atoms with Crippen LogP contribution in [0.15, 0.2) is 35.0 Å². The van der Waals surface area contributed by atoms with Crippen molar-refractivity contribution in [3.8, 4) is 11.1 Å². The Morgan fingerprint density at radius 1 is 0.867 bits per heavy atom. The van der Waals surface area contributed by atoms with Gasteiger partial charge in [-0.1, -0.05) is 18.2 Å². The third-order valence-corrected chi connectivity index (χ3v) is 3.89. The van der Waals surface area contributed by atoms with Crippen LogP contribution in [0.25, 0.3) is 11.1 Å². The van der Waals surface area contributed by atoms with Gasteiger partial charge < -0.3 is 0 Å². The molecule has 0 radical (unpaired) electrons. The zero-order chi connectivity index (χ0) is 10.1. The number of hydrogen-bond donors (Lipinski definition) is 0. The van der Waals surface area contributed by atoms with Crippen LogP contribution in [0.3, 0.4) is 0 Å². The summed E-state index contributed by atoms with van der Waals surface area (Å²) in [6, 6.07) is 9.18.